The van der Waals surface area contributed by atoms with Crippen LogP contribution in [0.5, 0.6) is 0 Å². The number of nitrogens with one attached hydrogen (secondary N) is 1. The number of nitrogen functional groups attached to an aromatic ring is 1. The van der Waals surface area contributed by atoms with Crippen molar-refractivity contribution < 1.29 is 28.7 Å². The first-order chi connectivity index (χ1) is 17.4. The number of halogens is 1. The molecule has 11 nitrogen and oxygen atoms in total. The monoisotopic (exact) mass is 515 g/mol. The summed E-state index contributed by atoms with van der Waals surface area (Å²) < 4.78 is 16.0. The molecule has 0 radical (unpaired) electrons. The molecule has 3 aromatic rings. The molecule has 36 heavy (non-hydrogen) atoms. The van der Waals surface area contributed by atoms with E-state index in [1.165, 1.54) is 11.0 Å². The van der Waals surface area contributed by atoms with Gasteiger partial charge < -0.3 is 35.1 Å². The van der Waals surface area contributed by atoms with Gasteiger partial charge >= 0.3 is 0 Å². The van der Waals surface area contributed by atoms with Crippen molar-refractivity contribution in [2.45, 2.75) is 18.8 Å². The summed E-state index contributed by atoms with van der Waals surface area (Å²) in [6.07, 6.45) is -3.09. The summed E-state index contributed by atoms with van der Waals surface area (Å²) in [6, 6.07) is 10.1. The van der Waals surface area contributed by atoms with Crippen molar-refractivity contribution in [3.05, 3.63) is 47.0 Å². The summed E-state index contributed by atoms with van der Waals surface area (Å²) in [5.41, 5.74) is 7.95. The molecule has 190 valence electrons. The number of aliphatic hydroxyl groups excluding tert-OH is 1. The van der Waals surface area contributed by atoms with Crippen LogP contribution in [-0.4, -0.2) is 78.6 Å². The summed E-state index contributed by atoms with van der Waals surface area (Å²) in [5.74, 6) is -1.06. The van der Waals surface area contributed by atoms with Gasteiger partial charge in [-0.05, 0) is 35.9 Å². The number of carbonyl (C=O) groups is 2. The Labute approximate surface area is 211 Å². The molecule has 0 bridgehead atoms. The van der Waals surface area contributed by atoms with Crippen LogP contribution in [0.4, 0.5) is 17.2 Å². The van der Waals surface area contributed by atoms with Crippen molar-refractivity contribution in [1.29, 1.82) is 0 Å². The van der Waals surface area contributed by atoms with Gasteiger partial charge in [-0.2, -0.15) is 0 Å². The lowest BCUT2D eigenvalue weighted by molar-refractivity contribution is -0.150. The Kier molecular flexibility index (Phi) is 7.08. The van der Waals surface area contributed by atoms with Gasteiger partial charge in [0.15, 0.2) is 23.6 Å². The number of hydrogen-bond donors (Lipinski definition) is 3. The quantitative estimate of drug-likeness (QED) is 0.446. The van der Waals surface area contributed by atoms with E-state index in [-0.39, 0.29) is 19.0 Å². The lowest BCUT2D eigenvalue weighted by Crippen LogP contribution is -2.55. The highest BCUT2D eigenvalue weighted by Gasteiger charge is 2.39. The Hall–Kier alpha value is -3.22. The van der Waals surface area contributed by atoms with Crippen molar-refractivity contribution in [3.8, 4) is 0 Å². The number of hydrogen-bond acceptors (Lipinski definition) is 9. The van der Waals surface area contributed by atoms with Gasteiger partial charge in [0.05, 0.1) is 25.2 Å². The number of amides is 2. The van der Waals surface area contributed by atoms with Crippen LogP contribution in [0, 0.1) is 0 Å². The van der Waals surface area contributed by atoms with Crippen molar-refractivity contribution in [2.24, 2.45) is 0 Å². The highest BCUT2D eigenvalue weighted by Crippen LogP contribution is 2.28. The average Bonchev–Trinajstić information content (AvgIpc) is 3.25. The molecule has 2 saturated heterocycles. The molecule has 4 N–H and O–H groups in total. The maximum absolute atomic E-state index is 13.3. The number of carbonyl (C=O) groups excluding carboxylic acids is 2. The van der Waals surface area contributed by atoms with Crippen molar-refractivity contribution >= 4 is 51.6 Å². The van der Waals surface area contributed by atoms with Gasteiger partial charge in [0, 0.05) is 48.6 Å². The first-order valence-electron chi connectivity index (χ1n) is 11.6. The molecule has 2 aliphatic heterocycles. The second kappa shape index (κ2) is 10.4. The van der Waals surface area contributed by atoms with Crippen LogP contribution in [-0.2, 0) is 25.6 Å². The van der Waals surface area contributed by atoms with Gasteiger partial charge in [0.25, 0.3) is 11.8 Å². The van der Waals surface area contributed by atoms with E-state index < -0.39 is 24.0 Å². The summed E-state index contributed by atoms with van der Waals surface area (Å²) in [7, 11) is 0. The minimum Gasteiger partial charge on any atom is -0.380 e. The molecule has 2 fully saturated rings. The fourth-order valence-corrected chi connectivity index (χ4v) is 4.50. The molecule has 0 aliphatic carbocycles. The van der Waals surface area contributed by atoms with E-state index in [1.807, 2.05) is 6.07 Å². The van der Waals surface area contributed by atoms with Crippen LogP contribution in [0.25, 0.3) is 11.0 Å². The first kappa shape index (κ1) is 24.5. The summed E-state index contributed by atoms with van der Waals surface area (Å²) >= 11 is 6.43. The topological polar surface area (TPSA) is 143 Å². The summed E-state index contributed by atoms with van der Waals surface area (Å²) in [5, 5.41) is 18.1. The molecule has 3 heterocycles. The molecule has 0 saturated carbocycles. The zero-order valence-corrected chi connectivity index (χ0v) is 20.1. The smallest absolute Gasteiger partial charge is 0.259 e. The number of morpholine rings is 2. The van der Waals surface area contributed by atoms with E-state index >= 15 is 0 Å². The minimum atomic E-state index is -1.73. The first-order valence-corrected chi connectivity index (χ1v) is 11.9. The molecule has 5 rings (SSSR count). The molecular formula is C24H26ClN5O6. The van der Waals surface area contributed by atoms with Gasteiger partial charge in [0.1, 0.15) is 0 Å². The molecule has 1 aromatic heterocycles. The zero-order valence-electron chi connectivity index (χ0n) is 19.4. The predicted molar refractivity (Wildman–Crippen MR) is 133 cm³/mol. The summed E-state index contributed by atoms with van der Waals surface area (Å²) in [4.78, 5) is 29.7. The van der Waals surface area contributed by atoms with E-state index in [2.05, 4.69) is 15.4 Å². The summed E-state index contributed by atoms with van der Waals surface area (Å²) in [6.45, 7) is 4.01. The molecule has 12 heteroatoms. The van der Waals surface area contributed by atoms with Crippen molar-refractivity contribution in [1.82, 2.24) is 10.1 Å². The SMILES string of the molecule is Nc1noc2cc(NC(=O)[C@H](O)[C@H]3OCCN(c4ccc(Cl)c(CN5CCOCC5)c4)C3=O)ccc12. The molecule has 0 spiro atoms. The van der Waals surface area contributed by atoms with Gasteiger partial charge in [-0.15, -0.1) is 0 Å². The standard InChI is InChI=1S/C24H26ClN5O6/c25-18-4-2-16(11-14(18)13-29-5-8-34-9-6-29)30-7-10-35-21(24(30)33)20(31)23(32)27-15-1-3-17-19(12-15)36-28-22(17)26/h1-4,11-12,20-21,31H,5-10,13H2,(H2,26,28)(H,27,32)/t20-,21-/m1/s1. The lowest BCUT2D eigenvalue weighted by atomic mass is 10.1. The number of aromatic nitrogens is 1. The van der Waals surface area contributed by atoms with Gasteiger partial charge in [-0.25, -0.2) is 0 Å². The van der Waals surface area contributed by atoms with Crippen LogP contribution in [0.1, 0.15) is 5.56 Å². The van der Waals surface area contributed by atoms with Gasteiger partial charge in [-0.3, -0.25) is 14.5 Å². The van der Waals surface area contributed by atoms with Gasteiger partial charge in [-0.1, -0.05) is 16.8 Å². The molecule has 2 amide bonds. The van der Waals surface area contributed by atoms with E-state index in [9.17, 15) is 14.7 Å². The molecular weight excluding hydrogens is 490 g/mol. The number of rotatable bonds is 6. The molecule has 2 aliphatic rings. The number of ether oxygens (including phenoxy) is 2. The Morgan fingerprint density at radius 2 is 2.00 bits per heavy atom. The third kappa shape index (κ3) is 5.01. The third-order valence-electron chi connectivity index (χ3n) is 6.28. The average molecular weight is 516 g/mol. The second-order valence-electron chi connectivity index (χ2n) is 8.66. The molecule has 2 aromatic carbocycles. The van der Waals surface area contributed by atoms with E-state index in [1.54, 1.807) is 24.3 Å². The highest BCUT2D eigenvalue weighted by molar-refractivity contribution is 6.31. The molecule has 2 atom stereocenters. The normalized spacial score (nSPS) is 20.0. The molecule has 0 unspecified atom stereocenters. The Morgan fingerprint density at radius 1 is 1.19 bits per heavy atom. The fraction of sp³-hybridized carbons (Fsp3) is 0.375. The van der Waals surface area contributed by atoms with Crippen LogP contribution in [0.3, 0.4) is 0 Å². The zero-order chi connectivity index (χ0) is 25.2. The van der Waals surface area contributed by atoms with Crippen LogP contribution < -0.4 is 16.0 Å². The van der Waals surface area contributed by atoms with Crippen molar-refractivity contribution in [2.75, 3.05) is 55.4 Å². The van der Waals surface area contributed by atoms with Gasteiger partial charge in [0.2, 0.25) is 0 Å². The largest absolute Gasteiger partial charge is 0.380 e. The van der Waals surface area contributed by atoms with E-state index in [4.69, 9.17) is 31.3 Å². The number of nitrogens with two attached hydrogens (primary N) is 1. The highest BCUT2D eigenvalue weighted by atomic mass is 35.5. The lowest BCUT2D eigenvalue weighted by Gasteiger charge is -2.34. The number of aliphatic hydroxyl groups is 1. The number of benzene rings is 2. The van der Waals surface area contributed by atoms with E-state index in [0.717, 1.165) is 18.7 Å². The Morgan fingerprint density at radius 3 is 2.81 bits per heavy atom. The number of nitrogens with zero attached hydrogens (tertiary/aromatic N) is 3. The number of anilines is 3. The van der Waals surface area contributed by atoms with E-state index in [0.29, 0.717) is 47.1 Å². The Bertz CT molecular complexity index is 1280. The fourth-order valence-electron chi connectivity index (χ4n) is 4.33. The predicted octanol–water partition coefficient (Wildman–Crippen LogP) is 1.63. The Balaban J connectivity index is 1.28. The maximum Gasteiger partial charge on any atom is 0.259 e. The number of fused-ring (bicyclic) bond motifs is 1. The van der Waals surface area contributed by atoms with Crippen molar-refractivity contribution in [3.63, 3.8) is 0 Å². The van der Waals surface area contributed by atoms with Crippen LogP contribution in [0.15, 0.2) is 40.9 Å². The van der Waals surface area contributed by atoms with Crippen LogP contribution >= 0.6 is 11.6 Å². The third-order valence-corrected chi connectivity index (χ3v) is 6.65. The second-order valence-corrected chi connectivity index (χ2v) is 9.07. The maximum atomic E-state index is 13.3. The van der Waals surface area contributed by atoms with Crippen LogP contribution in [0.2, 0.25) is 5.02 Å². The minimum absolute atomic E-state index is 0.158.